The minimum absolute atomic E-state index is 0.0253. The molecule has 2 aromatic heterocycles. The van der Waals surface area contributed by atoms with Crippen LogP contribution < -0.4 is 15.0 Å². The number of carbonyl (C=O) groups excluding carboxylic acids is 1. The predicted molar refractivity (Wildman–Crippen MR) is 133 cm³/mol. The van der Waals surface area contributed by atoms with Crippen molar-refractivity contribution < 1.29 is 13.9 Å². The molecule has 2 aromatic carbocycles. The standard InChI is InChI=1S/C25H24ClN3O3S/c1-16(2)27-24(30)23-13-12-19(32-23)14-29(22-7-5-4-6-20(22)26)25-28-21(15-33-25)17-8-10-18(31-3)11-9-17/h4-13,15-16H,14H2,1-3H3,(H,27,30). The van der Waals surface area contributed by atoms with Gasteiger partial charge in [-0.25, -0.2) is 4.98 Å². The first-order valence-corrected chi connectivity index (χ1v) is 11.7. The molecule has 4 rings (SSSR count). The van der Waals surface area contributed by atoms with Crippen molar-refractivity contribution in [1.82, 2.24) is 10.3 Å². The van der Waals surface area contributed by atoms with Crippen LogP contribution in [0, 0.1) is 0 Å². The van der Waals surface area contributed by atoms with Gasteiger partial charge in [0.15, 0.2) is 10.9 Å². The first kappa shape index (κ1) is 22.9. The van der Waals surface area contributed by atoms with E-state index < -0.39 is 0 Å². The molecule has 4 aromatic rings. The zero-order chi connectivity index (χ0) is 23.4. The molecule has 33 heavy (non-hydrogen) atoms. The Kier molecular flexibility index (Phi) is 7.01. The van der Waals surface area contributed by atoms with Crippen LogP contribution in [0.15, 0.2) is 70.5 Å². The summed E-state index contributed by atoms with van der Waals surface area (Å²) in [4.78, 5) is 19.1. The average molecular weight is 482 g/mol. The molecule has 6 nitrogen and oxygen atoms in total. The maximum absolute atomic E-state index is 12.3. The van der Waals surface area contributed by atoms with Gasteiger partial charge in [-0.2, -0.15) is 0 Å². The summed E-state index contributed by atoms with van der Waals surface area (Å²) in [5.74, 6) is 1.46. The van der Waals surface area contributed by atoms with Gasteiger partial charge in [-0.05, 0) is 62.4 Å². The number of para-hydroxylation sites is 1. The van der Waals surface area contributed by atoms with Crippen LogP contribution in [0.2, 0.25) is 5.02 Å². The number of rotatable bonds is 8. The van der Waals surface area contributed by atoms with E-state index in [-0.39, 0.29) is 17.7 Å². The van der Waals surface area contributed by atoms with E-state index in [1.165, 1.54) is 11.3 Å². The summed E-state index contributed by atoms with van der Waals surface area (Å²) in [5.41, 5.74) is 2.65. The third-order valence-electron chi connectivity index (χ3n) is 4.87. The first-order chi connectivity index (χ1) is 15.9. The van der Waals surface area contributed by atoms with E-state index in [2.05, 4.69) is 5.32 Å². The Balaban J connectivity index is 1.64. The van der Waals surface area contributed by atoms with Crippen LogP contribution in [0.5, 0.6) is 5.75 Å². The second kappa shape index (κ2) is 10.1. The zero-order valence-corrected chi connectivity index (χ0v) is 20.1. The number of nitrogens with one attached hydrogen (secondary N) is 1. The van der Waals surface area contributed by atoms with Crippen LogP contribution in [0.25, 0.3) is 11.3 Å². The van der Waals surface area contributed by atoms with Crippen molar-refractivity contribution in [2.45, 2.75) is 26.4 Å². The van der Waals surface area contributed by atoms with Crippen LogP contribution in [-0.2, 0) is 6.54 Å². The molecule has 1 amide bonds. The predicted octanol–water partition coefficient (Wildman–Crippen LogP) is 6.54. The third-order valence-corrected chi connectivity index (χ3v) is 6.05. The lowest BCUT2D eigenvalue weighted by Crippen LogP contribution is -2.29. The highest BCUT2D eigenvalue weighted by atomic mass is 35.5. The second-order valence-corrected chi connectivity index (χ2v) is 8.92. The Morgan fingerprint density at radius 1 is 1.15 bits per heavy atom. The van der Waals surface area contributed by atoms with Crippen molar-refractivity contribution in [2.24, 2.45) is 0 Å². The van der Waals surface area contributed by atoms with Gasteiger partial charge >= 0.3 is 0 Å². The normalized spacial score (nSPS) is 10.9. The highest BCUT2D eigenvalue weighted by Gasteiger charge is 2.20. The second-order valence-electron chi connectivity index (χ2n) is 7.68. The number of anilines is 2. The number of furan rings is 1. The van der Waals surface area contributed by atoms with Crippen molar-refractivity contribution in [2.75, 3.05) is 12.0 Å². The molecule has 2 heterocycles. The number of halogens is 1. The number of hydrogen-bond acceptors (Lipinski definition) is 6. The molecule has 0 saturated carbocycles. The number of aromatic nitrogens is 1. The van der Waals surface area contributed by atoms with E-state index in [1.54, 1.807) is 19.2 Å². The maximum Gasteiger partial charge on any atom is 0.287 e. The lowest BCUT2D eigenvalue weighted by Gasteiger charge is -2.22. The molecule has 8 heteroatoms. The lowest BCUT2D eigenvalue weighted by molar-refractivity contribution is 0.0913. The summed E-state index contributed by atoms with van der Waals surface area (Å²) in [7, 11) is 1.64. The SMILES string of the molecule is COc1ccc(-c2csc(N(Cc3ccc(C(=O)NC(C)C)o3)c3ccccc3Cl)n2)cc1. The van der Waals surface area contributed by atoms with Crippen LogP contribution >= 0.6 is 22.9 Å². The van der Waals surface area contributed by atoms with Crippen molar-refractivity contribution in [3.63, 3.8) is 0 Å². The summed E-state index contributed by atoms with van der Waals surface area (Å²) in [6.45, 7) is 4.18. The van der Waals surface area contributed by atoms with E-state index in [0.29, 0.717) is 17.3 Å². The van der Waals surface area contributed by atoms with Crippen molar-refractivity contribution >= 4 is 39.7 Å². The Bertz CT molecular complexity index is 1230. The number of thiazole rings is 1. The van der Waals surface area contributed by atoms with Gasteiger partial charge in [-0.15, -0.1) is 11.3 Å². The maximum atomic E-state index is 12.3. The number of ether oxygens (including phenoxy) is 1. The van der Waals surface area contributed by atoms with Crippen molar-refractivity contribution in [3.05, 3.63) is 82.6 Å². The average Bonchev–Trinajstić information content (AvgIpc) is 3.48. The first-order valence-electron chi connectivity index (χ1n) is 10.5. The fourth-order valence-electron chi connectivity index (χ4n) is 3.28. The van der Waals surface area contributed by atoms with Crippen LogP contribution in [-0.4, -0.2) is 24.0 Å². The molecular weight excluding hydrogens is 458 g/mol. The topological polar surface area (TPSA) is 67.6 Å². The van der Waals surface area contributed by atoms with E-state index in [0.717, 1.165) is 27.8 Å². The highest BCUT2D eigenvalue weighted by Crippen LogP contribution is 2.37. The smallest absolute Gasteiger partial charge is 0.287 e. The molecule has 0 aliphatic heterocycles. The van der Waals surface area contributed by atoms with E-state index in [4.69, 9.17) is 25.7 Å². The number of methoxy groups -OCH3 is 1. The lowest BCUT2D eigenvalue weighted by atomic mass is 10.2. The van der Waals surface area contributed by atoms with Crippen LogP contribution in [0.1, 0.15) is 30.2 Å². The van der Waals surface area contributed by atoms with Gasteiger partial charge in [0.2, 0.25) is 0 Å². The van der Waals surface area contributed by atoms with E-state index in [1.807, 2.05) is 72.7 Å². The summed E-state index contributed by atoms with van der Waals surface area (Å²) < 4.78 is 11.1. The van der Waals surface area contributed by atoms with Crippen molar-refractivity contribution in [3.8, 4) is 17.0 Å². The molecule has 0 atom stereocenters. The molecule has 0 aliphatic rings. The largest absolute Gasteiger partial charge is 0.497 e. The van der Waals surface area contributed by atoms with Gasteiger partial charge in [-0.3, -0.25) is 4.79 Å². The van der Waals surface area contributed by atoms with Crippen molar-refractivity contribution in [1.29, 1.82) is 0 Å². The molecule has 0 spiro atoms. The molecule has 0 unspecified atom stereocenters. The number of nitrogens with zero attached hydrogens (tertiary/aromatic N) is 2. The Labute approximate surface area is 201 Å². The van der Waals surface area contributed by atoms with Gasteiger partial charge in [0, 0.05) is 17.0 Å². The molecule has 1 N–H and O–H groups in total. The zero-order valence-electron chi connectivity index (χ0n) is 18.5. The molecule has 0 fully saturated rings. The number of amides is 1. The molecule has 170 valence electrons. The summed E-state index contributed by atoms with van der Waals surface area (Å²) in [6.07, 6.45) is 0. The summed E-state index contributed by atoms with van der Waals surface area (Å²) in [5, 5.41) is 6.21. The van der Waals surface area contributed by atoms with Gasteiger partial charge in [-0.1, -0.05) is 23.7 Å². The van der Waals surface area contributed by atoms with Gasteiger partial charge in [0.1, 0.15) is 11.5 Å². The van der Waals surface area contributed by atoms with Crippen LogP contribution in [0.4, 0.5) is 10.8 Å². The van der Waals surface area contributed by atoms with Gasteiger partial charge in [0.05, 0.1) is 30.1 Å². The quantitative estimate of drug-likeness (QED) is 0.309. The Hall–Kier alpha value is -3.29. The van der Waals surface area contributed by atoms with Gasteiger partial charge in [0.25, 0.3) is 5.91 Å². The van der Waals surface area contributed by atoms with Crippen LogP contribution in [0.3, 0.4) is 0 Å². The summed E-state index contributed by atoms with van der Waals surface area (Å²) >= 11 is 8.04. The molecule has 0 radical (unpaired) electrons. The Morgan fingerprint density at radius 2 is 1.91 bits per heavy atom. The fraction of sp³-hybridized carbons (Fsp3) is 0.200. The number of benzene rings is 2. The van der Waals surface area contributed by atoms with Gasteiger partial charge < -0.3 is 19.4 Å². The third kappa shape index (κ3) is 5.38. The molecular formula is C25H24ClN3O3S. The summed E-state index contributed by atoms with van der Waals surface area (Å²) in [6, 6.07) is 18.9. The number of hydrogen-bond donors (Lipinski definition) is 1. The minimum atomic E-state index is -0.239. The highest BCUT2D eigenvalue weighted by molar-refractivity contribution is 7.14. The number of carbonyl (C=O) groups is 1. The van der Waals surface area contributed by atoms with E-state index >= 15 is 0 Å². The molecule has 0 aliphatic carbocycles. The Morgan fingerprint density at radius 3 is 2.61 bits per heavy atom. The minimum Gasteiger partial charge on any atom is -0.497 e. The monoisotopic (exact) mass is 481 g/mol. The fourth-order valence-corrected chi connectivity index (χ4v) is 4.37. The molecule has 0 bridgehead atoms. The molecule has 0 saturated heterocycles. The van der Waals surface area contributed by atoms with E-state index in [9.17, 15) is 4.79 Å².